The number of nitrogens with one attached hydrogen (secondary N) is 2. The fourth-order valence-corrected chi connectivity index (χ4v) is 6.00. The van der Waals surface area contributed by atoms with Crippen LogP contribution in [0.2, 0.25) is 0 Å². The van der Waals surface area contributed by atoms with Gasteiger partial charge in [-0.2, -0.15) is 5.10 Å². The molecule has 0 bridgehead atoms. The van der Waals surface area contributed by atoms with E-state index in [0.717, 1.165) is 41.6 Å². The van der Waals surface area contributed by atoms with Crippen molar-refractivity contribution >= 4 is 16.7 Å². The second-order valence-corrected chi connectivity index (χ2v) is 10.1. The first kappa shape index (κ1) is 21.6. The molecular formula is C28H26F2N4O2. The number of hydrogen-bond acceptors (Lipinski definition) is 5. The van der Waals surface area contributed by atoms with Gasteiger partial charge in [0.1, 0.15) is 11.2 Å². The van der Waals surface area contributed by atoms with Crippen LogP contribution in [0.5, 0.6) is 11.5 Å². The van der Waals surface area contributed by atoms with Crippen molar-refractivity contribution < 1.29 is 18.3 Å². The van der Waals surface area contributed by atoms with E-state index >= 15 is 0 Å². The molecule has 1 unspecified atom stereocenters. The SMILES string of the molecule is FC1(F)Oc2ccc(-c3n[nH]c4ccc(-c5ccc6c(c5)CCC(C5CCCC5)CN6)nc34)cc2O1. The lowest BCUT2D eigenvalue weighted by molar-refractivity contribution is -0.286. The van der Waals surface area contributed by atoms with Crippen LogP contribution in [0.1, 0.15) is 37.7 Å². The molecule has 0 amide bonds. The van der Waals surface area contributed by atoms with Crippen LogP contribution in [-0.2, 0) is 6.42 Å². The largest absolute Gasteiger partial charge is 0.586 e. The maximum absolute atomic E-state index is 13.5. The average Bonchev–Trinajstić information content (AvgIpc) is 3.58. The van der Waals surface area contributed by atoms with Crippen molar-refractivity contribution in [3.05, 3.63) is 54.1 Å². The summed E-state index contributed by atoms with van der Waals surface area (Å²) in [5.74, 6) is 1.59. The van der Waals surface area contributed by atoms with Gasteiger partial charge in [0.15, 0.2) is 11.5 Å². The van der Waals surface area contributed by atoms with Crippen molar-refractivity contribution in [3.8, 4) is 34.0 Å². The predicted octanol–water partition coefficient (Wildman–Crippen LogP) is 6.78. The summed E-state index contributed by atoms with van der Waals surface area (Å²) in [6.07, 6.45) is 4.13. The molecule has 2 aliphatic heterocycles. The Balaban J connectivity index is 1.20. The highest BCUT2D eigenvalue weighted by Crippen LogP contribution is 2.43. The van der Waals surface area contributed by atoms with Gasteiger partial charge in [-0.05, 0) is 72.7 Å². The quantitative estimate of drug-likeness (QED) is 0.333. The predicted molar refractivity (Wildman–Crippen MR) is 133 cm³/mol. The highest BCUT2D eigenvalue weighted by molar-refractivity contribution is 5.91. The first-order chi connectivity index (χ1) is 17.5. The zero-order valence-corrected chi connectivity index (χ0v) is 19.7. The molecule has 7 rings (SSSR count). The maximum Gasteiger partial charge on any atom is 0.586 e. The molecule has 2 aromatic heterocycles. The van der Waals surface area contributed by atoms with Gasteiger partial charge in [0.05, 0.1) is 11.2 Å². The van der Waals surface area contributed by atoms with Gasteiger partial charge in [0, 0.05) is 23.4 Å². The Hall–Kier alpha value is -3.68. The molecule has 184 valence electrons. The zero-order valence-electron chi connectivity index (χ0n) is 19.7. The van der Waals surface area contributed by atoms with Crippen LogP contribution in [0, 0.1) is 11.8 Å². The molecule has 1 fully saturated rings. The molecule has 4 aromatic rings. The Morgan fingerprint density at radius 1 is 0.861 bits per heavy atom. The minimum absolute atomic E-state index is 0.00555. The normalized spacial score (nSPS) is 20.8. The van der Waals surface area contributed by atoms with Crippen molar-refractivity contribution in [2.24, 2.45) is 11.8 Å². The molecule has 2 N–H and O–H groups in total. The highest BCUT2D eigenvalue weighted by atomic mass is 19.3. The first-order valence-corrected chi connectivity index (χ1v) is 12.6. The number of H-pyrrole nitrogens is 1. The second kappa shape index (κ2) is 8.18. The molecule has 1 atom stereocenters. The van der Waals surface area contributed by atoms with Gasteiger partial charge >= 0.3 is 6.29 Å². The highest BCUT2D eigenvalue weighted by Gasteiger charge is 2.43. The third-order valence-electron chi connectivity index (χ3n) is 7.89. The van der Waals surface area contributed by atoms with E-state index in [1.807, 2.05) is 12.1 Å². The Morgan fingerprint density at radius 3 is 2.58 bits per heavy atom. The van der Waals surface area contributed by atoms with E-state index < -0.39 is 6.29 Å². The van der Waals surface area contributed by atoms with E-state index in [-0.39, 0.29) is 11.5 Å². The van der Waals surface area contributed by atoms with E-state index in [1.54, 1.807) is 6.07 Å². The molecular weight excluding hydrogens is 462 g/mol. The molecule has 0 spiro atoms. The van der Waals surface area contributed by atoms with E-state index in [0.29, 0.717) is 16.8 Å². The van der Waals surface area contributed by atoms with Crippen LogP contribution in [0.15, 0.2) is 48.5 Å². The second-order valence-electron chi connectivity index (χ2n) is 10.1. The van der Waals surface area contributed by atoms with Crippen molar-refractivity contribution in [3.63, 3.8) is 0 Å². The summed E-state index contributed by atoms with van der Waals surface area (Å²) < 4.78 is 36.1. The van der Waals surface area contributed by atoms with Crippen LogP contribution >= 0.6 is 0 Å². The Labute approximate surface area is 207 Å². The van der Waals surface area contributed by atoms with E-state index in [2.05, 4.69) is 43.2 Å². The Bertz CT molecular complexity index is 1460. The van der Waals surface area contributed by atoms with Crippen LogP contribution in [0.3, 0.4) is 0 Å². The summed E-state index contributed by atoms with van der Waals surface area (Å²) >= 11 is 0. The molecule has 8 heteroatoms. The number of rotatable bonds is 3. The molecule has 4 heterocycles. The van der Waals surface area contributed by atoms with Crippen LogP contribution in [0.4, 0.5) is 14.5 Å². The monoisotopic (exact) mass is 488 g/mol. The Morgan fingerprint density at radius 2 is 1.69 bits per heavy atom. The number of alkyl halides is 2. The summed E-state index contributed by atoms with van der Waals surface area (Å²) in [7, 11) is 0. The summed E-state index contributed by atoms with van der Waals surface area (Å²) in [5, 5.41) is 11.1. The van der Waals surface area contributed by atoms with E-state index in [4.69, 9.17) is 4.98 Å². The number of pyridine rings is 1. The molecule has 6 nitrogen and oxygen atoms in total. The van der Waals surface area contributed by atoms with Gasteiger partial charge in [0.2, 0.25) is 0 Å². The number of nitrogens with zero attached hydrogens (tertiary/aromatic N) is 2. The van der Waals surface area contributed by atoms with Crippen LogP contribution in [0.25, 0.3) is 33.5 Å². The summed E-state index contributed by atoms with van der Waals surface area (Å²) in [4.78, 5) is 4.92. The minimum atomic E-state index is -3.66. The van der Waals surface area contributed by atoms with Crippen molar-refractivity contribution in [1.82, 2.24) is 15.2 Å². The average molecular weight is 489 g/mol. The number of anilines is 1. The molecule has 0 radical (unpaired) electrons. The lowest BCUT2D eigenvalue weighted by atomic mass is 9.87. The van der Waals surface area contributed by atoms with Gasteiger partial charge in [-0.1, -0.05) is 31.7 Å². The number of halogens is 2. The summed E-state index contributed by atoms with van der Waals surface area (Å²) in [6, 6.07) is 15.1. The zero-order chi connectivity index (χ0) is 24.3. The van der Waals surface area contributed by atoms with Crippen LogP contribution < -0.4 is 14.8 Å². The third-order valence-corrected chi connectivity index (χ3v) is 7.89. The van der Waals surface area contributed by atoms with Gasteiger partial charge in [0.25, 0.3) is 0 Å². The van der Waals surface area contributed by atoms with Crippen molar-refractivity contribution in [2.75, 3.05) is 11.9 Å². The van der Waals surface area contributed by atoms with Gasteiger partial charge in [-0.15, -0.1) is 8.78 Å². The summed E-state index contributed by atoms with van der Waals surface area (Å²) in [5.41, 5.74) is 7.09. The number of benzene rings is 2. The molecule has 1 aliphatic carbocycles. The number of aromatic amines is 1. The minimum Gasteiger partial charge on any atom is -0.395 e. The molecule has 1 saturated carbocycles. The lowest BCUT2D eigenvalue weighted by Crippen LogP contribution is -2.25. The summed E-state index contributed by atoms with van der Waals surface area (Å²) in [6.45, 7) is 1.06. The van der Waals surface area contributed by atoms with Gasteiger partial charge in [-0.25, -0.2) is 4.98 Å². The topological polar surface area (TPSA) is 72.1 Å². The maximum atomic E-state index is 13.5. The molecule has 36 heavy (non-hydrogen) atoms. The Kier molecular flexibility index (Phi) is 4.91. The lowest BCUT2D eigenvalue weighted by Gasteiger charge is -2.21. The van der Waals surface area contributed by atoms with E-state index in [1.165, 1.54) is 55.5 Å². The third kappa shape index (κ3) is 3.75. The number of hydrogen-bond donors (Lipinski definition) is 2. The fraction of sp³-hybridized carbons (Fsp3) is 0.357. The molecule has 0 saturated heterocycles. The smallest absolute Gasteiger partial charge is 0.395 e. The van der Waals surface area contributed by atoms with Crippen molar-refractivity contribution in [1.29, 1.82) is 0 Å². The molecule has 2 aromatic carbocycles. The molecule has 3 aliphatic rings. The number of aryl methyl sites for hydroxylation is 1. The van der Waals surface area contributed by atoms with Crippen molar-refractivity contribution in [2.45, 2.75) is 44.8 Å². The van der Waals surface area contributed by atoms with Gasteiger partial charge in [-0.3, -0.25) is 5.10 Å². The van der Waals surface area contributed by atoms with Gasteiger partial charge < -0.3 is 14.8 Å². The number of fused-ring (bicyclic) bond motifs is 3. The fourth-order valence-electron chi connectivity index (χ4n) is 6.00. The van der Waals surface area contributed by atoms with E-state index in [9.17, 15) is 8.78 Å². The number of aromatic nitrogens is 3. The van der Waals surface area contributed by atoms with Crippen LogP contribution in [-0.4, -0.2) is 28.0 Å². The number of ether oxygens (including phenoxy) is 2. The standard InChI is InChI=1S/C28H26F2N4O2/c29-28(30)35-24-12-8-19(14-25(24)36-28)26-27-23(33-34-26)11-10-22(32-27)18-7-9-21-17(13-18)5-6-20(15-31-21)16-3-1-2-4-16/h7-14,16,20,31H,1-6,15H2,(H,33,34). The first-order valence-electron chi connectivity index (χ1n) is 12.6.